The molecule has 1 unspecified atom stereocenters. The lowest BCUT2D eigenvalue weighted by atomic mass is 10.0. The predicted octanol–water partition coefficient (Wildman–Crippen LogP) is 2.71. The molecule has 3 atom stereocenters. The molecule has 0 saturated carbocycles. The Hall–Kier alpha value is -0.710. The van der Waals surface area contributed by atoms with Gasteiger partial charge in [0.2, 0.25) is 0 Å². The van der Waals surface area contributed by atoms with Gasteiger partial charge in [-0.05, 0) is 26.2 Å². The summed E-state index contributed by atoms with van der Waals surface area (Å²) in [4.78, 5) is 10.7. The third-order valence-electron chi connectivity index (χ3n) is 3.08. The standard InChI is InChI=1S/C15H26O4/c1-11(2)7-6-8-12(17-5)14-13(9-10-16)18-15(3,4)19-14/h6,8,10-14H,7,9H2,1-5H3/b8-6-/t12?,13-,14+/m0/s1. The smallest absolute Gasteiger partial charge is 0.163 e. The van der Waals surface area contributed by atoms with E-state index in [1.807, 2.05) is 19.9 Å². The number of rotatable bonds is 7. The molecule has 0 spiro atoms. The van der Waals surface area contributed by atoms with Crippen molar-refractivity contribution >= 4 is 6.29 Å². The highest BCUT2D eigenvalue weighted by Crippen LogP contribution is 2.32. The van der Waals surface area contributed by atoms with E-state index in [1.54, 1.807) is 7.11 Å². The topological polar surface area (TPSA) is 44.8 Å². The van der Waals surface area contributed by atoms with Crippen molar-refractivity contribution in [2.75, 3.05) is 7.11 Å². The largest absolute Gasteiger partial charge is 0.375 e. The molecule has 0 amide bonds. The highest BCUT2D eigenvalue weighted by atomic mass is 16.8. The van der Waals surface area contributed by atoms with Crippen molar-refractivity contribution in [3.8, 4) is 0 Å². The Morgan fingerprint density at radius 3 is 2.53 bits per heavy atom. The lowest BCUT2D eigenvalue weighted by Crippen LogP contribution is -2.35. The quantitative estimate of drug-likeness (QED) is 0.527. The van der Waals surface area contributed by atoms with Crippen LogP contribution in [0, 0.1) is 5.92 Å². The van der Waals surface area contributed by atoms with E-state index in [9.17, 15) is 4.79 Å². The number of hydrogen-bond acceptors (Lipinski definition) is 4. The molecule has 1 aliphatic rings. The maximum atomic E-state index is 10.7. The number of allylic oxidation sites excluding steroid dienone is 1. The van der Waals surface area contributed by atoms with Crippen LogP contribution in [0.5, 0.6) is 0 Å². The molecular weight excluding hydrogens is 244 g/mol. The minimum Gasteiger partial charge on any atom is -0.375 e. The average molecular weight is 270 g/mol. The summed E-state index contributed by atoms with van der Waals surface area (Å²) in [6.45, 7) is 8.05. The van der Waals surface area contributed by atoms with Gasteiger partial charge in [0.15, 0.2) is 5.79 Å². The van der Waals surface area contributed by atoms with Gasteiger partial charge in [0.25, 0.3) is 0 Å². The second-order valence-corrected chi connectivity index (χ2v) is 5.80. The van der Waals surface area contributed by atoms with Crippen molar-refractivity contribution in [3.05, 3.63) is 12.2 Å². The van der Waals surface area contributed by atoms with Crippen LogP contribution in [0.15, 0.2) is 12.2 Å². The molecule has 4 nitrogen and oxygen atoms in total. The summed E-state index contributed by atoms with van der Waals surface area (Å²) in [6.07, 6.45) is 5.62. The predicted molar refractivity (Wildman–Crippen MR) is 73.9 cm³/mol. The third kappa shape index (κ3) is 5.05. The average Bonchev–Trinajstić information content (AvgIpc) is 2.60. The first kappa shape index (κ1) is 16.3. The number of carbonyl (C=O) groups excluding carboxylic acids is 1. The Bertz CT molecular complexity index is 309. The minimum atomic E-state index is -0.666. The number of carbonyl (C=O) groups is 1. The van der Waals surface area contributed by atoms with E-state index in [0.717, 1.165) is 12.7 Å². The number of hydrogen-bond donors (Lipinski definition) is 0. The second-order valence-electron chi connectivity index (χ2n) is 5.80. The summed E-state index contributed by atoms with van der Waals surface area (Å²) in [5.41, 5.74) is 0. The Labute approximate surface area is 116 Å². The third-order valence-corrected chi connectivity index (χ3v) is 3.08. The van der Waals surface area contributed by atoms with Crippen LogP contribution in [0.25, 0.3) is 0 Å². The van der Waals surface area contributed by atoms with Crippen LogP contribution < -0.4 is 0 Å². The monoisotopic (exact) mass is 270 g/mol. The summed E-state index contributed by atoms with van der Waals surface area (Å²) in [5.74, 6) is -0.0576. The Balaban J connectivity index is 2.71. The summed E-state index contributed by atoms with van der Waals surface area (Å²) < 4.78 is 17.1. The van der Waals surface area contributed by atoms with Crippen molar-refractivity contribution in [2.24, 2.45) is 5.92 Å². The lowest BCUT2D eigenvalue weighted by molar-refractivity contribution is -0.154. The summed E-state index contributed by atoms with van der Waals surface area (Å²) in [7, 11) is 1.65. The number of ether oxygens (including phenoxy) is 3. The van der Waals surface area contributed by atoms with Crippen LogP contribution in [-0.4, -0.2) is 37.5 Å². The molecular formula is C15H26O4. The van der Waals surface area contributed by atoms with Gasteiger partial charge in [-0.15, -0.1) is 0 Å². The molecule has 1 rings (SSSR count). The van der Waals surface area contributed by atoms with Crippen LogP contribution >= 0.6 is 0 Å². The zero-order valence-electron chi connectivity index (χ0n) is 12.6. The van der Waals surface area contributed by atoms with Crippen molar-refractivity contribution in [1.82, 2.24) is 0 Å². The van der Waals surface area contributed by atoms with E-state index in [2.05, 4.69) is 19.9 Å². The van der Waals surface area contributed by atoms with Crippen LogP contribution in [-0.2, 0) is 19.0 Å². The van der Waals surface area contributed by atoms with E-state index in [0.29, 0.717) is 12.3 Å². The van der Waals surface area contributed by atoms with E-state index < -0.39 is 5.79 Å². The molecule has 4 heteroatoms. The van der Waals surface area contributed by atoms with Crippen molar-refractivity contribution in [3.63, 3.8) is 0 Å². The Morgan fingerprint density at radius 1 is 1.32 bits per heavy atom. The van der Waals surface area contributed by atoms with E-state index in [-0.39, 0.29) is 18.3 Å². The van der Waals surface area contributed by atoms with E-state index >= 15 is 0 Å². The molecule has 0 radical (unpaired) electrons. The van der Waals surface area contributed by atoms with Gasteiger partial charge in [-0.1, -0.05) is 26.0 Å². The number of methoxy groups -OCH3 is 1. The SMILES string of the molecule is COC(/C=C\CC(C)C)[C@H]1OC(C)(C)O[C@H]1CC=O. The maximum Gasteiger partial charge on any atom is 0.163 e. The van der Waals surface area contributed by atoms with Gasteiger partial charge in [-0.25, -0.2) is 0 Å². The molecule has 1 fully saturated rings. The molecule has 110 valence electrons. The first-order valence-electron chi connectivity index (χ1n) is 6.88. The van der Waals surface area contributed by atoms with Crippen LogP contribution in [0.2, 0.25) is 0 Å². The molecule has 0 aromatic rings. The van der Waals surface area contributed by atoms with E-state index in [1.165, 1.54) is 0 Å². The molecule has 0 aliphatic carbocycles. The normalized spacial score (nSPS) is 28.1. The highest BCUT2D eigenvalue weighted by molar-refractivity contribution is 5.50. The summed E-state index contributed by atoms with van der Waals surface area (Å²) in [6, 6.07) is 0. The zero-order chi connectivity index (χ0) is 14.5. The van der Waals surface area contributed by atoms with Gasteiger partial charge in [0, 0.05) is 13.5 Å². The zero-order valence-corrected chi connectivity index (χ0v) is 12.6. The first-order valence-corrected chi connectivity index (χ1v) is 6.88. The van der Waals surface area contributed by atoms with E-state index in [4.69, 9.17) is 14.2 Å². The fourth-order valence-corrected chi connectivity index (χ4v) is 2.23. The minimum absolute atomic E-state index is 0.189. The maximum absolute atomic E-state index is 10.7. The fourth-order valence-electron chi connectivity index (χ4n) is 2.23. The Morgan fingerprint density at radius 2 is 2.00 bits per heavy atom. The van der Waals surface area contributed by atoms with Crippen LogP contribution in [0.4, 0.5) is 0 Å². The van der Waals surface area contributed by atoms with Gasteiger partial charge in [-0.3, -0.25) is 0 Å². The van der Waals surface area contributed by atoms with Gasteiger partial charge < -0.3 is 19.0 Å². The molecule has 0 N–H and O–H groups in total. The van der Waals surface area contributed by atoms with Crippen LogP contribution in [0.1, 0.15) is 40.5 Å². The summed E-state index contributed by atoms with van der Waals surface area (Å²) >= 11 is 0. The van der Waals surface area contributed by atoms with Crippen LogP contribution in [0.3, 0.4) is 0 Å². The highest BCUT2D eigenvalue weighted by Gasteiger charge is 2.44. The molecule has 0 bridgehead atoms. The molecule has 1 aliphatic heterocycles. The Kier molecular flexibility index (Phi) is 6.17. The second kappa shape index (κ2) is 7.17. The molecule has 0 aromatic carbocycles. The molecule has 1 saturated heterocycles. The van der Waals surface area contributed by atoms with Crippen molar-refractivity contribution in [2.45, 2.75) is 64.6 Å². The van der Waals surface area contributed by atoms with Gasteiger partial charge in [-0.2, -0.15) is 0 Å². The van der Waals surface area contributed by atoms with Gasteiger partial charge in [0.1, 0.15) is 18.5 Å². The van der Waals surface area contributed by atoms with Crippen molar-refractivity contribution < 1.29 is 19.0 Å². The van der Waals surface area contributed by atoms with Gasteiger partial charge in [0.05, 0.1) is 6.10 Å². The van der Waals surface area contributed by atoms with Crippen molar-refractivity contribution in [1.29, 1.82) is 0 Å². The molecule has 19 heavy (non-hydrogen) atoms. The first-order chi connectivity index (χ1) is 8.89. The fraction of sp³-hybridized carbons (Fsp3) is 0.800. The van der Waals surface area contributed by atoms with Gasteiger partial charge >= 0.3 is 0 Å². The lowest BCUT2D eigenvalue weighted by Gasteiger charge is -2.22. The molecule has 0 aromatic heterocycles. The summed E-state index contributed by atoms with van der Waals surface area (Å²) in [5, 5.41) is 0. The molecule has 1 heterocycles. The number of aldehydes is 1.